The molecule has 0 bridgehead atoms. The van der Waals surface area contributed by atoms with Gasteiger partial charge in [-0.2, -0.15) is 0 Å². The first-order chi connectivity index (χ1) is 8.97. The molecule has 1 aromatic heterocycles. The van der Waals surface area contributed by atoms with Crippen molar-refractivity contribution >= 4 is 0 Å². The second-order valence-electron chi connectivity index (χ2n) is 5.67. The highest BCUT2D eigenvalue weighted by Gasteiger charge is 2.09. The number of aliphatic hydroxyl groups excluding tert-OH is 1. The number of aliphatic hydroxyl groups is 1. The maximum absolute atomic E-state index is 9.94. The maximum Gasteiger partial charge on any atom is 0.0791 e. The topological polar surface area (TPSA) is 48.4 Å². The largest absolute Gasteiger partial charge is 0.390 e. The van der Waals surface area contributed by atoms with Crippen LogP contribution in [-0.2, 0) is 6.54 Å². The number of hydrogen-bond donors (Lipinski definition) is 2. The Morgan fingerprint density at radius 1 is 1.32 bits per heavy atom. The van der Waals surface area contributed by atoms with Gasteiger partial charge < -0.3 is 10.4 Å². The molecule has 0 spiro atoms. The molecular weight excluding hydrogens is 238 g/mol. The van der Waals surface area contributed by atoms with E-state index >= 15 is 0 Å². The third-order valence-electron chi connectivity index (χ3n) is 2.83. The van der Waals surface area contributed by atoms with Crippen LogP contribution in [0.1, 0.15) is 25.2 Å². The number of nitrogens with zero attached hydrogens (tertiary/aromatic N) is 2. The molecule has 1 aromatic rings. The van der Waals surface area contributed by atoms with E-state index in [2.05, 4.69) is 29.0 Å². The Balaban J connectivity index is 2.28. The van der Waals surface area contributed by atoms with Crippen molar-refractivity contribution in [3.8, 4) is 0 Å². The molecule has 0 radical (unpaired) electrons. The summed E-state index contributed by atoms with van der Waals surface area (Å²) in [6.07, 6.45) is -0.339. The van der Waals surface area contributed by atoms with Gasteiger partial charge in [0.05, 0.1) is 11.8 Å². The van der Waals surface area contributed by atoms with E-state index in [1.54, 1.807) is 0 Å². The molecule has 2 N–H and O–H groups in total. The summed E-state index contributed by atoms with van der Waals surface area (Å²) < 4.78 is 0. The Bertz CT molecular complexity index is 368. The fourth-order valence-electron chi connectivity index (χ4n) is 1.99. The van der Waals surface area contributed by atoms with Crippen molar-refractivity contribution in [1.82, 2.24) is 15.2 Å². The van der Waals surface area contributed by atoms with Gasteiger partial charge in [-0.25, -0.2) is 0 Å². The highest BCUT2D eigenvalue weighted by atomic mass is 16.3. The van der Waals surface area contributed by atoms with Crippen LogP contribution in [0.2, 0.25) is 0 Å². The fourth-order valence-corrected chi connectivity index (χ4v) is 1.99. The second kappa shape index (κ2) is 8.25. The first kappa shape index (κ1) is 16.1. The van der Waals surface area contributed by atoms with Crippen molar-refractivity contribution < 1.29 is 5.11 Å². The van der Waals surface area contributed by atoms with Crippen molar-refractivity contribution in [3.05, 3.63) is 29.6 Å². The molecule has 0 aliphatic carbocycles. The third-order valence-corrected chi connectivity index (χ3v) is 2.83. The molecule has 0 aliphatic rings. The van der Waals surface area contributed by atoms with Crippen LogP contribution in [0.4, 0.5) is 0 Å². The number of aryl methyl sites for hydroxylation is 1. The predicted octanol–water partition coefficient (Wildman–Crippen LogP) is 1.43. The molecule has 4 nitrogen and oxygen atoms in total. The van der Waals surface area contributed by atoms with Gasteiger partial charge >= 0.3 is 0 Å². The van der Waals surface area contributed by atoms with Gasteiger partial charge in [-0.15, -0.1) is 0 Å². The molecule has 0 saturated carbocycles. The number of hydrogen-bond acceptors (Lipinski definition) is 4. The molecule has 108 valence electrons. The van der Waals surface area contributed by atoms with Crippen LogP contribution in [0.25, 0.3) is 0 Å². The lowest BCUT2D eigenvalue weighted by atomic mass is 10.2. The van der Waals surface area contributed by atoms with E-state index in [0.717, 1.165) is 24.5 Å². The van der Waals surface area contributed by atoms with Gasteiger partial charge in [-0.3, -0.25) is 9.88 Å². The van der Waals surface area contributed by atoms with Crippen molar-refractivity contribution in [2.24, 2.45) is 5.92 Å². The number of aromatic nitrogens is 1. The monoisotopic (exact) mass is 265 g/mol. The molecule has 4 heteroatoms. The van der Waals surface area contributed by atoms with Gasteiger partial charge in [0.1, 0.15) is 0 Å². The molecule has 0 saturated heterocycles. The average molecular weight is 265 g/mol. The summed E-state index contributed by atoms with van der Waals surface area (Å²) in [5, 5.41) is 13.2. The Labute approximate surface area is 116 Å². The molecule has 19 heavy (non-hydrogen) atoms. The second-order valence-corrected chi connectivity index (χ2v) is 5.67. The van der Waals surface area contributed by atoms with Crippen LogP contribution in [0.3, 0.4) is 0 Å². The highest BCUT2D eigenvalue weighted by molar-refractivity contribution is 5.09. The number of likely N-dealkylation sites (N-methyl/N-ethyl adjacent to an activating group) is 1. The van der Waals surface area contributed by atoms with E-state index in [1.807, 2.05) is 32.2 Å². The minimum Gasteiger partial charge on any atom is -0.390 e. The summed E-state index contributed by atoms with van der Waals surface area (Å²) in [6.45, 7) is 9.33. The lowest BCUT2D eigenvalue weighted by Gasteiger charge is -2.21. The molecular formula is C15H27N3O. The zero-order valence-corrected chi connectivity index (χ0v) is 12.6. The van der Waals surface area contributed by atoms with Crippen molar-refractivity contribution in [1.29, 1.82) is 0 Å². The summed E-state index contributed by atoms with van der Waals surface area (Å²) in [5.74, 6) is 0.612. The van der Waals surface area contributed by atoms with Crippen LogP contribution in [-0.4, -0.2) is 47.8 Å². The van der Waals surface area contributed by atoms with Crippen LogP contribution in [0, 0.1) is 12.8 Å². The van der Waals surface area contributed by atoms with Gasteiger partial charge in [-0.05, 0) is 38.6 Å². The lowest BCUT2D eigenvalue weighted by molar-refractivity contribution is 0.120. The van der Waals surface area contributed by atoms with Crippen LogP contribution in [0.15, 0.2) is 18.2 Å². The molecule has 0 fully saturated rings. The van der Waals surface area contributed by atoms with E-state index in [1.165, 1.54) is 0 Å². The minimum atomic E-state index is -0.339. The Morgan fingerprint density at radius 2 is 2.05 bits per heavy atom. The van der Waals surface area contributed by atoms with E-state index in [0.29, 0.717) is 19.0 Å². The number of nitrogens with one attached hydrogen (secondary N) is 1. The number of pyridine rings is 1. The predicted molar refractivity (Wildman–Crippen MR) is 79.0 cm³/mol. The molecule has 0 aromatic carbocycles. The maximum atomic E-state index is 9.94. The standard InChI is InChI=1S/C15H27N3O/c1-12(2)8-16-9-15(19)11-18(4)10-14-7-5-6-13(3)17-14/h5-7,12,15-16,19H,8-11H2,1-4H3. The first-order valence-corrected chi connectivity index (χ1v) is 6.97. The summed E-state index contributed by atoms with van der Waals surface area (Å²) in [6, 6.07) is 6.03. The summed E-state index contributed by atoms with van der Waals surface area (Å²) in [7, 11) is 2.01. The Hall–Kier alpha value is -0.970. The Kier molecular flexibility index (Phi) is 6.99. The Morgan fingerprint density at radius 3 is 2.68 bits per heavy atom. The highest BCUT2D eigenvalue weighted by Crippen LogP contribution is 2.02. The summed E-state index contributed by atoms with van der Waals surface area (Å²) in [4.78, 5) is 6.57. The van der Waals surface area contributed by atoms with Gasteiger partial charge in [0.2, 0.25) is 0 Å². The number of rotatable bonds is 8. The van der Waals surface area contributed by atoms with E-state index in [-0.39, 0.29) is 6.10 Å². The molecule has 1 unspecified atom stereocenters. The molecule has 0 aliphatic heterocycles. The SMILES string of the molecule is Cc1cccc(CN(C)CC(O)CNCC(C)C)n1. The zero-order chi connectivity index (χ0) is 14.3. The van der Waals surface area contributed by atoms with Crippen LogP contribution >= 0.6 is 0 Å². The minimum absolute atomic E-state index is 0.339. The van der Waals surface area contributed by atoms with Crippen molar-refractivity contribution in [2.45, 2.75) is 33.4 Å². The van der Waals surface area contributed by atoms with E-state index < -0.39 is 0 Å². The molecule has 0 amide bonds. The smallest absolute Gasteiger partial charge is 0.0791 e. The van der Waals surface area contributed by atoms with Gasteiger partial charge in [-0.1, -0.05) is 19.9 Å². The van der Waals surface area contributed by atoms with E-state index in [4.69, 9.17) is 0 Å². The van der Waals surface area contributed by atoms with Gasteiger partial charge in [0.15, 0.2) is 0 Å². The van der Waals surface area contributed by atoms with Crippen molar-refractivity contribution in [3.63, 3.8) is 0 Å². The first-order valence-electron chi connectivity index (χ1n) is 6.97. The summed E-state index contributed by atoms with van der Waals surface area (Å²) in [5.41, 5.74) is 2.08. The zero-order valence-electron chi connectivity index (χ0n) is 12.6. The quantitative estimate of drug-likeness (QED) is 0.746. The fraction of sp³-hybridized carbons (Fsp3) is 0.667. The van der Waals surface area contributed by atoms with Crippen LogP contribution < -0.4 is 5.32 Å². The molecule has 1 rings (SSSR count). The van der Waals surface area contributed by atoms with Crippen LogP contribution in [0.5, 0.6) is 0 Å². The normalized spacial score (nSPS) is 13.2. The molecule has 1 heterocycles. The van der Waals surface area contributed by atoms with Gasteiger partial charge in [0, 0.05) is 25.3 Å². The lowest BCUT2D eigenvalue weighted by Crippen LogP contribution is -2.37. The van der Waals surface area contributed by atoms with E-state index in [9.17, 15) is 5.11 Å². The average Bonchev–Trinajstić information content (AvgIpc) is 2.27. The van der Waals surface area contributed by atoms with Crippen molar-refractivity contribution in [2.75, 3.05) is 26.7 Å². The molecule has 1 atom stereocenters. The third kappa shape index (κ3) is 7.25. The summed E-state index contributed by atoms with van der Waals surface area (Å²) >= 11 is 0. The van der Waals surface area contributed by atoms with Gasteiger partial charge in [0.25, 0.3) is 0 Å².